The second-order valence-corrected chi connectivity index (χ2v) is 3.96. The molecule has 0 unspecified atom stereocenters. The molecule has 0 bridgehead atoms. The Morgan fingerprint density at radius 1 is 1.44 bits per heavy atom. The van der Waals surface area contributed by atoms with Gasteiger partial charge in [0, 0.05) is 23.6 Å². The fourth-order valence-electron chi connectivity index (χ4n) is 1.84. The summed E-state index contributed by atoms with van der Waals surface area (Å²) in [6.07, 6.45) is 0.336. The highest BCUT2D eigenvalue weighted by atomic mass is 16.2. The van der Waals surface area contributed by atoms with Crippen molar-refractivity contribution in [2.45, 2.75) is 13.3 Å². The van der Waals surface area contributed by atoms with Crippen molar-refractivity contribution in [2.75, 3.05) is 7.05 Å². The molecule has 4 nitrogen and oxygen atoms in total. The summed E-state index contributed by atoms with van der Waals surface area (Å²) >= 11 is 0. The van der Waals surface area contributed by atoms with E-state index in [-0.39, 0.29) is 5.91 Å². The second kappa shape index (κ2) is 3.98. The second-order valence-electron chi connectivity index (χ2n) is 3.96. The number of aromatic amines is 1. The molecule has 1 amide bonds. The highest BCUT2D eigenvalue weighted by molar-refractivity contribution is 5.89. The van der Waals surface area contributed by atoms with Crippen molar-refractivity contribution in [2.24, 2.45) is 5.84 Å². The molecule has 2 rings (SSSR count). The SMILES string of the molecule is Cc1[nH]c2ccccc2c1CC(=O)N(C)N. The molecular formula is C12H15N3O. The maximum atomic E-state index is 11.6. The van der Waals surface area contributed by atoms with E-state index < -0.39 is 0 Å². The molecule has 16 heavy (non-hydrogen) atoms. The van der Waals surface area contributed by atoms with Crippen LogP contribution in [0.1, 0.15) is 11.3 Å². The smallest absolute Gasteiger partial charge is 0.240 e. The quantitative estimate of drug-likeness (QED) is 0.453. The van der Waals surface area contributed by atoms with Crippen LogP contribution in [0, 0.1) is 6.92 Å². The van der Waals surface area contributed by atoms with E-state index in [2.05, 4.69) is 4.98 Å². The van der Waals surface area contributed by atoms with E-state index in [9.17, 15) is 4.79 Å². The number of hydrogen-bond acceptors (Lipinski definition) is 2. The van der Waals surface area contributed by atoms with Gasteiger partial charge in [0.15, 0.2) is 0 Å². The maximum Gasteiger partial charge on any atom is 0.240 e. The number of carbonyl (C=O) groups excluding carboxylic acids is 1. The zero-order chi connectivity index (χ0) is 11.7. The van der Waals surface area contributed by atoms with Crippen molar-refractivity contribution < 1.29 is 4.79 Å². The van der Waals surface area contributed by atoms with Gasteiger partial charge in [-0.05, 0) is 18.6 Å². The number of nitrogens with zero attached hydrogens (tertiary/aromatic N) is 1. The lowest BCUT2D eigenvalue weighted by atomic mass is 10.1. The number of nitrogens with two attached hydrogens (primary N) is 1. The third kappa shape index (κ3) is 1.79. The molecule has 3 N–H and O–H groups in total. The van der Waals surface area contributed by atoms with Crippen LogP contribution in [0.3, 0.4) is 0 Å². The minimum Gasteiger partial charge on any atom is -0.358 e. The zero-order valence-electron chi connectivity index (χ0n) is 9.45. The van der Waals surface area contributed by atoms with Gasteiger partial charge in [-0.3, -0.25) is 9.80 Å². The number of hydrogen-bond donors (Lipinski definition) is 2. The van der Waals surface area contributed by atoms with E-state index >= 15 is 0 Å². The lowest BCUT2D eigenvalue weighted by molar-refractivity contribution is -0.129. The van der Waals surface area contributed by atoms with Crippen LogP contribution in [-0.2, 0) is 11.2 Å². The normalized spacial score (nSPS) is 10.7. The molecule has 0 saturated carbocycles. The van der Waals surface area contributed by atoms with Crippen LogP contribution in [0.2, 0.25) is 0 Å². The minimum absolute atomic E-state index is 0.0900. The van der Waals surface area contributed by atoms with Gasteiger partial charge >= 0.3 is 0 Å². The number of H-pyrrole nitrogens is 1. The fraction of sp³-hybridized carbons (Fsp3) is 0.250. The molecule has 84 valence electrons. The largest absolute Gasteiger partial charge is 0.358 e. The summed E-state index contributed by atoms with van der Waals surface area (Å²) in [6, 6.07) is 7.95. The Labute approximate surface area is 94.0 Å². The van der Waals surface area contributed by atoms with Crippen molar-refractivity contribution in [3.8, 4) is 0 Å². The summed E-state index contributed by atoms with van der Waals surface area (Å²) in [6.45, 7) is 1.97. The number of para-hydroxylation sites is 1. The predicted molar refractivity (Wildman–Crippen MR) is 63.7 cm³/mol. The van der Waals surface area contributed by atoms with Gasteiger partial charge in [-0.15, -0.1) is 0 Å². The molecular weight excluding hydrogens is 202 g/mol. The van der Waals surface area contributed by atoms with Gasteiger partial charge in [-0.25, -0.2) is 5.84 Å². The Kier molecular flexibility index (Phi) is 2.66. The van der Waals surface area contributed by atoms with Gasteiger partial charge in [0.2, 0.25) is 5.91 Å². The molecule has 4 heteroatoms. The van der Waals surface area contributed by atoms with Crippen LogP contribution in [0.5, 0.6) is 0 Å². The third-order valence-corrected chi connectivity index (χ3v) is 2.75. The molecule has 0 aliphatic rings. The first-order valence-corrected chi connectivity index (χ1v) is 5.17. The first kappa shape index (κ1) is 10.7. The average Bonchev–Trinajstić information content (AvgIpc) is 2.55. The maximum absolute atomic E-state index is 11.6. The predicted octanol–water partition coefficient (Wildman–Crippen LogP) is 1.35. The summed E-state index contributed by atoms with van der Waals surface area (Å²) in [5.41, 5.74) is 3.11. The number of likely N-dealkylation sites (N-methyl/N-ethyl adjacent to an activating group) is 1. The van der Waals surface area contributed by atoms with E-state index in [1.165, 1.54) is 0 Å². The molecule has 0 saturated heterocycles. The Bertz CT molecular complexity index is 528. The van der Waals surface area contributed by atoms with E-state index in [1.807, 2.05) is 31.2 Å². The van der Waals surface area contributed by atoms with Crippen LogP contribution < -0.4 is 5.84 Å². The van der Waals surface area contributed by atoms with Crippen molar-refractivity contribution in [3.63, 3.8) is 0 Å². The van der Waals surface area contributed by atoms with Crippen LogP contribution in [0.15, 0.2) is 24.3 Å². The summed E-state index contributed by atoms with van der Waals surface area (Å²) < 4.78 is 0. The highest BCUT2D eigenvalue weighted by Crippen LogP contribution is 2.22. The summed E-state index contributed by atoms with van der Waals surface area (Å²) in [4.78, 5) is 14.9. The number of aryl methyl sites for hydroxylation is 1. The van der Waals surface area contributed by atoms with Gasteiger partial charge in [0.05, 0.1) is 6.42 Å². The van der Waals surface area contributed by atoms with E-state index in [0.29, 0.717) is 6.42 Å². The molecule has 0 aliphatic carbocycles. The Hall–Kier alpha value is -1.81. The van der Waals surface area contributed by atoms with Gasteiger partial charge in [-0.2, -0.15) is 0 Å². The molecule has 1 aromatic heterocycles. The number of hydrazine groups is 1. The standard InChI is InChI=1S/C12H15N3O/c1-8-10(7-12(16)15(2)13)9-5-3-4-6-11(9)14-8/h3-6,14H,7,13H2,1-2H3. The number of rotatable bonds is 2. The number of carbonyl (C=O) groups is 1. The van der Waals surface area contributed by atoms with Crippen LogP contribution in [0.25, 0.3) is 10.9 Å². The van der Waals surface area contributed by atoms with Crippen molar-refractivity contribution >= 4 is 16.8 Å². The van der Waals surface area contributed by atoms with Gasteiger partial charge in [0.25, 0.3) is 0 Å². The summed E-state index contributed by atoms with van der Waals surface area (Å²) in [5, 5.41) is 2.22. The Balaban J connectivity index is 2.44. The van der Waals surface area contributed by atoms with E-state index in [4.69, 9.17) is 5.84 Å². The number of nitrogens with one attached hydrogen (secondary N) is 1. The van der Waals surface area contributed by atoms with Crippen LogP contribution >= 0.6 is 0 Å². The number of benzene rings is 1. The van der Waals surface area contributed by atoms with Crippen molar-refractivity contribution in [1.29, 1.82) is 0 Å². The Morgan fingerprint density at radius 3 is 2.81 bits per heavy atom. The molecule has 0 spiro atoms. The first-order valence-electron chi connectivity index (χ1n) is 5.17. The number of aromatic nitrogens is 1. The third-order valence-electron chi connectivity index (χ3n) is 2.75. The number of fused-ring (bicyclic) bond motifs is 1. The first-order chi connectivity index (χ1) is 7.59. The van der Waals surface area contributed by atoms with Crippen LogP contribution in [-0.4, -0.2) is 22.9 Å². The number of amides is 1. The molecule has 1 aromatic carbocycles. The van der Waals surface area contributed by atoms with Crippen LogP contribution in [0.4, 0.5) is 0 Å². The molecule has 2 aromatic rings. The minimum atomic E-state index is -0.0900. The molecule has 0 radical (unpaired) electrons. The van der Waals surface area contributed by atoms with Crippen molar-refractivity contribution in [3.05, 3.63) is 35.5 Å². The molecule has 0 atom stereocenters. The monoisotopic (exact) mass is 217 g/mol. The topological polar surface area (TPSA) is 62.1 Å². The van der Waals surface area contributed by atoms with Gasteiger partial charge in [-0.1, -0.05) is 18.2 Å². The molecule has 1 heterocycles. The average molecular weight is 217 g/mol. The summed E-state index contributed by atoms with van der Waals surface area (Å²) in [5.74, 6) is 5.33. The zero-order valence-corrected chi connectivity index (χ0v) is 9.45. The van der Waals surface area contributed by atoms with Crippen molar-refractivity contribution in [1.82, 2.24) is 9.99 Å². The lowest BCUT2D eigenvalue weighted by Gasteiger charge is -2.09. The Morgan fingerprint density at radius 2 is 2.12 bits per heavy atom. The fourth-order valence-corrected chi connectivity index (χ4v) is 1.84. The summed E-state index contributed by atoms with van der Waals surface area (Å²) in [7, 11) is 1.56. The molecule has 0 aliphatic heterocycles. The van der Waals surface area contributed by atoms with E-state index in [1.54, 1.807) is 7.05 Å². The van der Waals surface area contributed by atoms with Gasteiger partial charge in [0.1, 0.15) is 0 Å². The molecule has 0 fully saturated rings. The van der Waals surface area contributed by atoms with E-state index in [0.717, 1.165) is 27.2 Å². The highest BCUT2D eigenvalue weighted by Gasteiger charge is 2.13. The lowest BCUT2D eigenvalue weighted by Crippen LogP contribution is -2.34. The van der Waals surface area contributed by atoms with Gasteiger partial charge < -0.3 is 4.98 Å².